The number of nitrogens with zero attached hydrogens (tertiary/aromatic N) is 4. The molecule has 1 fully saturated rings. The first-order valence-corrected chi connectivity index (χ1v) is 6.32. The van der Waals surface area contributed by atoms with Gasteiger partial charge in [-0.2, -0.15) is 10.1 Å². The Morgan fingerprint density at radius 1 is 1.47 bits per heavy atom. The summed E-state index contributed by atoms with van der Waals surface area (Å²) in [5.74, 6) is 0.912. The van der Waals surface area contributed by atoms with E-state index in [0.717, 1.165) is 24.3 Å². The maximum absolute atomic E-state index is 5.82. The van der Waals surface area contributed by atoms with Crippen molar-refractivity contribution in [1.82, 2.24) is 19.7 Å². The molecule has 100 valence electrons. The highest BCUT2D eigenvalue weighted by Crippen LogP contribution is 2.28. The van der Waals surface area contributed by atoms with Gasteiger partial charge < -0.3 is 9.47 Å². The molecule has 0 spiro atoms. The molecule has 0 unspecified atom stereocenters. The van der Waals surface area contributed by atoms with E-state index in [1.807, 2.05) is 13.2 Å². The summed E-state index contributed by atoms with van der Waals surface area (Å²) in [6.45, 7) is 2.04. The molecule has 1 aliphatic heterocycles. The van der Waals surface area contributed by atoms with Gasteiger partial charge in [-0.15, -0.1) is 0 Å². The number of aryl methyl sites for hydroxylation is 1. The monoisotopic (exact) mass is 280 g/mol. The highest BCUT2D eigenvalue weighted by Gasteiger charge is 2.20. The smallest absolute Gasteiger partial charge is 0.225 e. The molecule has 0 aliphatic carbocycles. The molecular weight excluding hydrogens is 268 g/mol. The zero-order chi connectivity index (χ0) is 13.2. The number of ether oxygens (including phenoxy) is 2. The molecule has 2 aromatic rings. The SMILES string of the molecule is Cn1cc(-c2cnc(Cl)nc2OCC2COC2)cn1. The van der Waals surface area contributed by atoms with Crippen LogP contribution in [-0.2, 0) is 11.8 Å². The molecule has 0 saturated carbocycles. The summed E-state index contributed by atoms with van der Waals surface area (Å²) in [4.78, 5) is 8.14. The second-order valence-corrected chi connectivity index (χ2v) is 4.81. The van der Waals surface area contributed by atoms with Gasteiger partial charge in [0.25, 0.3) is 0 Å². The highest BCUT2D eigenvalue weighted by atomic mass is 35.5. The van der Waals surface area contributed by atoms with Crippen LogP contribution in [0.2, 0.25) is 5.28 Å². The first-order chi connectivity index (χ1) is 9.22. The zero-order valence-electron chi connectivity index (χ0n) is 10.4. The number of rotatable bonds is 4. The van der Waals surface area contributed by atoms with Crippen LogP contribution in [0, 0.1) is 5.92 Å². The van der Waals surface area contributed by atoms with Crippen molar-refractivity contribution in [1.29, 1.82) is 0 Å². The van der Waals surface area contributed by atoms with Gasteiger partial charge in [-0.25, -0.2) is 4.98 Å². The molecule has 0 amide bonds. The third-order valence-electron chi connectivity index (χ3n) is 2.90. The summed E-state index contributed by atoms with van der Waals surface area (Å²) in [6, 6.07) is 0. The molecule has 1 aliphatic rings. The molecule has 0 atom stereocenters. The minimum atomic E-state index is 0.174. The molecular formula is C12H13ClN4O2. The lowest BCUT2D eigenvalue weighted by Crippen LogP contribution is -2.32. The molecule has 19 heavy (non-hydrogen) atoms. The third kappa shape index (κ3) is 2.69. The molecule has 3 rings (SSSR count). The largest absolute Gasteiger partial charge is 0.477 e. The zero-order valence-corrected chi connectivity index (χ0v) is 11.2. The molecule has 6 nitrogen and oxygen atoms in total. The second-order valence-electron chi connectivity index (χ2n) is 4.48. The van der Waals surface area contributed by atoms with E-state index in [0.29, 0.717) is 18.4 Å². The summed E-state index contributed by atoms with van der Waals surface area (Å²) in [5.41, 5.74) is 1.69. The first-order valence-electron chi connectivity index (χ1n) is 5.94. The maximum Gasteiger partial charge on any atom is 0.225 e. The minimum absolute atomic E-state index is 0.174. The van der Waals surface area contributed by atoms with E-state index in [2.05, 4.69) is 15.1 Å². The maximum atomic E-state index is 5.82. The van der Waals surface area contributed by atoms with Crippen LogP contribution >= 0.6 is 11.6 Å². The predicted molar refractivity (Wildman–Crippen MR) is 69.0 cm³/mol. The van der Waals surface area contributed by atoms with Gasteiger partial charge in [-0.1, -0.05) is 0 Å². The van der Waals surface area contributed by atoms with Crippen LogP contribution in [0.3, 0.4) is 0 Å². The summed E-state index contributed by atoms with van der Waals surface area (Å²) in [6.07, 6.45) is 5.27. The van der Waals surface area contributed by atoms with Crippen LogP contribution in [0.1, 0.15) is 0 Å². The molecule has 2 aromatic heterocycles. The van der Waals surface area contributed by atoms with Crippen LogP contribution in [0.25, 0.3) is 11.1 Å². The van der Waals surface area contributed by atoms with Crippen LogP contribution in [-0.4, -0.2) is 39.6 Å². The summed E-state index contributed by atoms with van der Waals surface area (Å²) in [5, 5.41) is 4.31. The summed E-state index contributed by atoms with van der Waals surface area (Å²) in [7, 11) is 1.85. The van der Waals surface area contributed by atoms with Crippen LogP contribution in [0.4, 0.5) is 0 Å². The van der Waals surface area contributed by atoms with Gasteiger partial charge in [0.15, 0.2) is 0 Å². The molecule has 0 radical (unpaired) electrons. The fourth-order valence-corrected chi connectivity index (χ4v) is 1.92. The van der Waals surface area contributed by atoms with E-state index in [-0.39, 0.29) is 5.28 Å². The molecule has 0 N–H and O–H groups in total. The van der Waals surface area contributed by atoms with Gasteiger partial charge in [-0.3, -0.25) is 4.68 Å². The Bertz CT molecular complexity index is 583. The topological polar surface area (TPSA) is 62.1 Å². The van der Waals surface area contributed by atoms with Crippen molar-refractivity contribution in [2.45, 2.75) is 0 Å². The third-order valence-corrected chi connectivity index (χ3v) is 3.09. The van der Waals surface area contributed by atoms with Crippen molar-refractivity contribution in [2.75, 3.05) is 19.8 Å². The van der Waals surface area contributed by atoms with Crippen molar-refractivity contribution >= 4 is 11.6 Å². The Labute approximate surface area is 115 Å². The highest BCUT2D eigenvalue weighted by molar-refractivity contribution is 6.28. The number of halogens is 1. The van der Waals surface area contributed by atoms with E-state index in [4.69, 9.17) is 21.1 Å². The Morgan fingerprint density at radius 2 is 2.32 bits per heavy atom. The van der Waals surface area contributed by atoms with Gasteiger partial charge in [0.2, 0.25) is 11.2 Å². The number of hydrogen-bond acceptors (Lipinski definition) is 5. The van der Waals surface area contributed by atoms with Crippen molar-refractivity contribution < 1.29 is 9.47 Å². The molecule has 3 heterocycles. The van der Waals surface area contributed by atoms with Crippen molar-refractivity contribution in [3.8, 4) is 17.0 Å². The van der Waals surface area contributed by atoms with Gasteiger partial charge in [0.1, 0.15) is 0 Å². The number of hydrogen-bond donors (Lipinski definition) is 0. The van der Waals surface area contributed by atoms with Gasteiger partial charge in [0, 0.05) is 30.9 Å². The molecule has 7 heteroatoms. The summed E-state index contributed by atoms with van der Waals surface area (Å²) < 4.78 is 12.6. The normalized spacial score (nSPS) is 15.3. The van der Waals surface area contributed by atoms with Crippen LogP contribution in [0.15, 0.2) is 18.6 Å². The standard InChI is InChI=1S/C12H13ClN4O2/c1-17-4-9(2-15-17)10-3-14-12(13)16-11(10)19-7-8-5-18-6-8/h2-4,8H,5-7H2,1H3. The quantitative estimate of drug-likeness (QED) is 0.795. The molecule has 0 bridgehead atoms. The van der Waals surface area contributed by atoms with E-state index >= 15 is 0 Å². The average molecular weight is 281 g/mol. The van der Waals surface area contributed by atoms with E-state index in [1.54, 1.807) is 17.1 Å². The Hall–Kier alpha value is -1.66. The molecule has 0 aromatic carbocycles. The van der Waals surface area contributed by atoms with E-state index < -0.39 is 0 Å². The molecule has 1 saturated heterocycles. The fourth-order valence-electron chi connectivity index (χ4n) is 1.79. The minimum Gasteiger partial charge on any atom is -0.477 e. The van der Waals surface area contributed by atoms with Crippen molar-refractivity contribution in [2.24, 2.45) is 13.0 Å². The summed E-state index contributed by atoms with van der Waals surface area (Å²) >= 11 is 5.82. The van der Waals surface area contributed by atoms with Gasteiger partial charge in [0.05, 0.1) is 31.6 Å². The van der Waals surface area contributed by atoms with Crippen LogP contribution < -0.4 is 4.74 Å². The lowest BCUT2D eigenvalue weighted by Gasteiger charge is -2.25. The Kier molecular flexibility index (Phi) is 3.35. The van der Waals surface area contributed by atoms with Gasteiger partial charge >= 0.3 is 0 Å². The fraction of sp³-hybridized carbons (Fsp3) is 0.417. The number of aromatic nitrogens is 4. The average Bonchev–Trinajstić information content (AvgIpc) is 2.74. The first kappa shape index (κ1) is 12.4. The van der Waals surface area contributed by atoms with Crippen LogP contribution in [0.5, 0.6) is 5.88 Å². The Balaban J connectivity index is 1.85. The lowest BCUT2D eigenvalue weighted by molar-refractivity contribution is -0.0513. The predicted octanol–water partition coefficient (Wildman–Crippen LogP) is 1.56. The lowest BCUT2D eigenvalue weighted by atomic mass is 10.1. The van der Waals surface area contributed by atoms with Crippen molar-refractivity contribution in [3.05, 3.63) is 23.9 Å². The van der Waals surface area contributed by atoms with Gasteiger partial charge in [-0.05, 0) is 11.6 Å². The second kappa shape index (κ2) is 5.14. The van der Waals surface area contributed by atoms with E-state index in [9.17, 15) is 0 Å². The van der Waals surface area contributed by atoms with Crippen molar-refractivity contribution in [3.63, 3.8) is 0 Å². The van der Waals surface area contributed by atoms with E-state index in [1.165, 1.54) is 0 Å². The Morgan fingerprint density at radius 3 is 2.95 bits per heavy atom.